The van der Waals surface area contributed by atoms with Gasteiger partial charge >= 0.3 is 11.9 Å². The van der Waals surface area contributed by atoms with Crippen LogP contribution in [-0.4, -0.2) is 61.3 Å². The Labute approximate surface area is 209 Å². The Hall–Kier alpha value is -3.73. The number of hydrogen-bond acceptors (Lipinski definition) is 10. The fraction of sp³-hybridized carbons (Fsp3) is 0.417. The minimum absolute atomic E-state index is 0.100. The zero-order valence-electron chi connectivity index (χ0n) is 20.1. The smallest absolute Gasteiger partial charge is 0.340 e. The molecule has 0 aliphatic carbocycles. The molecule has 0 amide bonds. The number of anilines is 1. The number of hydrogen-bond donors (Lipinski definition) is 1. The third-order valence-electron chi connectivity index (χ3n) is 5.01. The fourth-order valence-corrected chi connectivity index (χ4v) is 3.50. The van der Waals surface area contributed by atoms with E-state index in [1.807, 2.05) is 6.07 Å². The van der Waals surface area contributed by atoms with E-state index in [9.17, 15) is 14.9 Å². The molecule has 0 atom stereocenters. The second kappa shape index (κ2) is 13.2. The summed E-state index contributed by atoms with van der Waals surface area (Å²) in [7, 11) is 0. The van der Waals surface area contributed by atoms with Crippen molar-refractivity contribution in [3.63, 3.8) is 0 Å². The average Bonchev–Trinajstić information content (AvgIpc) is 2.85. The van der Waals surface area contributed by atoms with Crippen molar-refractivity contribution < 1.29 is 19.1 Å². The summed E-state index contributed by atoms with van der Waals surface area (Å²) in [5.41, 5.74) is 2.28. The van der Waals surface area contributed by atoms with Crippen LogP contribution in [0.4, 0.5) is 5.82 Å². The number of pyridine rings is 2. The molecule has 0 spiro atoms. The molecule has 1 saturated heterocycles. The van der Waals surface area contributed by atoms with Crippen molar-refractivity contribution in [3.05, 3.63) is 50.9 Å². The van der Waals surface area contributed by atoms with Crippen molar-refractivity contribution in [3.8, 4) is 12.1 Å². The minimum Gasteiger partial charge on any atom is -0.462 e. The second-order valence-electron chi connectivity index (χ2n) is 7.35. The molecular weight excluding hydrogens is 472 g/mol. The van der Waals surface area contributed by atoms with E-state index >= 15 is 0 Å². The number of carbonyl (C=O) groups is 2. The van der Waals surface area contributed by atoms with E-state index in [-0.39, 0.29) is 22.9 Å². The topological polar surface area (TPSA) is 141 Å². The van der Waals surface area contributed by atoms with Gasteiger partial charge in [-0.25, -0.2) is 19.6 Å². The van der Waals surface area contributed by atoms with Gasteiger partial charge in [0.15, 0.2) is 0 Å². The second-order valence-corrected chi connectivity index (χ2v) is 7.71. The Morgan fingerprint density at radius 1 is 0.971 bits per heavy atom. The van der Waals surface area contributed by atoms with Gasteiger partial charge in [-0.2, -0.15) is 10.5 Å². The predicted octanol–water partition coefficient (Wildman–Crippen LogP) is 2.94. The molecule has 2 aromatic rings. The first-order valence-corrected chi connectivity index (χ1v) is 11.4. The maximum Gasteiger partial charge on any atom is 0.340 e. The molecule has 3 rings (SSSR count). The number of aromatic nitrogens is 2. The number of nitrogens with one attached hydrogen (secondary N) is 1. The maximum atomic E-state index is 11.8. The number of piperazine rings is 1. The first kappa shape index (κ1) is 27.5. The molecular formula is C24H27ClN6O4. The van der Waals surface area contributed by atoms with Crippen LogP contribution in [0.2, 0.25) is 5.15 Å². The first-order valence-electron chi connectivity index (χ1n) is 11.1. The van der Waals surface area contributed by atoms with Crippen LogP contribution in [0, 0.1) is 36.5 Å². The Morgan fingerprint density at radius 3 is 1.94 bits per heavy atom. The van der Waals surface area contributed by atoms with E-state index in [2.05, 4.69) is 26.3 Å². The quantitative estimate of drug-likeness (QED) is 0.482. The first-order chi connectivity index (χ1) is 16.8. The summed E-state index contributed by atoms with van der Waals surface area (Å²) in [5.74, 6) is -0.268. The van der Waals surface area contributed by atoms with Gasteiger partial charge in [-0.3, -0.25) is 0 Å². The van der Waals surface area contributed by atoms with Crippen molar-refractivity contribution in [2.24, 2.45) is 0 Å². The molecule has 0 radical (unpaired) electrons. The predicted molar refractivity (Wildman–Crippen MR) is 129 cm³/mol. The summed E-state index contributed by atoms with van der Waals surface area (Å²) >= 11 is 5.70. The van der Waals surface area contributed by atoms with Gasteiger partial charge in [0.1, 0.15) is 23.1 Å². The lowest BCUT2D eigenvalue weighted by Gasteiger charge is -2.29. The Bertz CT molecular complexity index is 1170. The molecule has 184 valence electrons. The van der Waals surface area contributed by atoms with E-state index in [0.29, 0.717) is 34.9 Å². The van der Waals surface area contributed by atoms with Crippen LogP contribution >= 0.6 is 11.6 Å². The Kier molecular flexibility index (Phi) is 10.4. The van der Waals surface area contributed by atoms with Gasteiger partial charge in [0.2, 0.25) is 0 Å². The van der Waals surface area contributed by atoms with Gasteiger partial charge in [0, 0.05) is 26.2 Å². The summed E-state index contributed by atoms with van der Waals surface area (Å²) in [6, 6.07) is 6.96. The third-order valence-corrected chi connectivity index (χ3v) is 5.30. The van der Waals surface area contributed by atoms with Crippen molar-refractivity contribution in [1.82, 2.24) is 15.3 Å². The van der Waals surface area contributed by atoms with E-state index in [4.69, 9.17) is 26.3 Å². The van der Waals surface area contributed by atoms with E-state index in [1.165, 1.54) is 6.07 Å². The van der Waals surface area contributed by atoms with Crippen molar-refractivity contribution in [1.29, 1.82) is 10.5 Å². The highest BCUT2D eigenvalue weighted by Crippen LogP contribution is 2.22. The highest BCUT2D eigenvalue weighted by molar-refractivity contribution is 6.30. The molecule has 1 fully saturated rings. The lowest BCUT2D eigenvalue weighted by atomic mass is 10.1. The van der Waals surface area contributed by atoms with E-state index < -0.39 is 11.9 Å². The van der Waals surface area contributed by atoms with Gasteiger partial charge < -0.3 is 19.7 Å². The standard InChI is InChI=1S/C14H18N4O2.C10H9ClN2O2/c1-3-20-14(19)12-8-11(9-15)13(17-10(12)2)18-6-4-16-5-7-18;1-3-15-10(14)8-4-7(5-12)9(11)13-6(8)2/h8,16H,3-7H2,1-2H3;4H,3H2,1-2H3. The SMILES string of the molecule is CCOC(=O)c1cc(C#N)c(Cl)nc1C.CCOC(=O)c1cc(C#N)c(N2CCNCC2)nc1C. The van der Waals surface area contributed by atoms with Gasteiger partial charge in [0.25, 0.3) is 0 Å². The van der Waals surface area contributed by atoms with Crippen LogP contribution in [-0.2, 0) is 9.47 Å². The number of nitrogens with zero attached hydrogens (tertiary/aromatic N) is 5. The summed E-state index contributed by atoms with van der Waals surface area (Å²) in [6.07, 6.45) is 0. The summed E-state index contributed by atoms with van der Waals surface area (Å²) < 4.78 is 9.80. The molecule has 0 saturated carbocycles. The Morgan fingerprint density at radius 2 is 1.46 bits per heavy atom. The van der Waals surface area contributed by atoms with Crippen molar-refractivity contribution in [2.45, 2.75) is 27.7 Å². The molecule has 11 heteroatoms. The number of carbonyl (C=O) groups excluding carboxylic acids is 2. The highest BCUT2D eigenvalue weighted by atomic mass is 35.5. The molecule has 0 bridgehead atoms. The zero-order chi connectivity index (χ0) is 26.0. The molecule has 3 heterocycles. The Balaban J connectivity index is 0.000000258. The minimum atomic E-state index is -0.490. The molecule has 2 aromatic heterocycles. The van der Waals surface area contributed by atoms with E-state index in [0.717, 1.165) is 26.2 Å². The van der Waals surface area contributed by atoms with Gasteiger partial charge in [-0.1, -0.05) is 11.6 Å². The number of esters is 2. The maximum absolute atomic E-state index is 11.8. The van der Waals surface area contributed by atoms with Crippen molar-refractivity contribution in [2.75, 3.05) is 44.3 Å². The molecule has 1 aliphatic rings. The number of ether oxygens (including phenoxy) is 2. The fourth-order valence-electron chi connectivity index (χ4n) is 3.28. The summed E-state index contributed by atoms with van der Waals surface area (Å²) in [4.78, 5) is 33.7. The zero-order valence-corrected chi connectivity index (χ0v) is 20.9. The van der Waals surface area contributed by atoms with Gasteiger partial charge in [-0.15, -0.1) is 0 Å². The van der Waals surface area contributed by atoms with Gasteiger partial charge in [0.05, 0.1) is 46.9 Å². The molecule has 0 unspecified atom stereocenters. The van der Waals surface area contributed by atoms with Crippen LogP contribution < -0.4 is 10.2 Å². The largest absolute Gasteiger partial charge is 0.462 e. The lowest BCUT2D eigenvalue weighted by Crippen LogP contribution is -2.44. The van der Waals surface area contributed by atoms with Crippen LogP contribution in [0.3, 0.4) is 0 Å². The molecule has 35 heavy (non-hydrogen) atoms. The average molecular weight is 499 g/mol. The summed E-state index contributed by atoms with van der Waals surface area (Å²) in [5, 5.41) is 21.4. The normalized spacial score (nSPS) is 12.5. The number of aryl methyl sites for hydroxylation is 2. The molecule has 1 N–H and O–H groups in total. The molecule has 0 aromatic carbocycles. The van der Waals surface area contributed by atoms with Crippen molar-refractivity contribution >= 4 is 29.4 Å². The molecule has 1 aliphatic heterocycles. The van der Waals surface area contributed by atoms with E-state index in [1.54, 1.807) is 33.8 Å². The van der Waals surface area contributed by atoms with Crippen LogP contribution in [0.15, 0.2) is 12.1 Å². The monoisotopic (exact) mass is 498 g/mol. The van der Waals surface area contributed by atoms with Crippen LogP contribution in [0.25, 0.3) is 0 Å². The summed E-state index contributed by atoms with van der Waals surface area (Å²) in [6.45, 7) is 10.8. The van der Waals surface area contributed by atoms with Gasteiger partial charge in [-0.05, 0) is 39.8 Å². The number of nitriles is 2. The van der Waals surface area contributed by atoms with Crippen LogP contribution in [0.5, 0.6) is 0 Å². The third kappa shape index (κ3) is 7.12. The lowest BCUT2D eigenvalue weighted by molar-refractivity contribution is 0.0515. The van der Waals surface area contributed by atoms with Crippen LogP contribution in [0.1, 0.15) is 57.1 Å². The number of rotatable bonds is 5. The molecule has 10 nitrogen and oxygen atoms in total. The highest BCUT2D eigenvalue weighted by Gasteiger charge is 2.20. The number of halogens is 1.